The Balaban J connectivity index is 3.67. The smallest absolute Gasteiger partial charge is 0.408 e. The summed E-state index contributed by atoms with van der Waals surface area (Å²) in [5, 5.41) is 5.48. The number of unbranched alkanes of at least 4 members (excludes halogenated alkanes) is 1. The lowest BCUT2D eigenvalue weighted by Crippen LogP contribution is -2.60. The monoisotopic (exact) mass is 518 g/mol. The van der Waals surface area contributed by atoms with Crippen LogP contribution in [0.2, 0.25) is 0 Å². The number of hydrogen-bond donors (Lipinski definition) is 3. The maximum atomic E-state index is 14.2. The van der Waals surface area contributed by atoms with Crippen LogP contribution in [0.3, 0.4) is 0 Å². The van der Waals surface area contributed by atoms with Crippen molar-refractivity contribution in [3.05, 3.63) is 34.9 Å². The normalized spacial score (nSPS) is 13.3. The van der Waals surface area contributed by atoms with E-state index in [-0.39, 0.29) is 5.91 Å². The van der Waals surface area contributed by atoms with Crippen LogP contribution in [-0.4, -0.2) is 52.4 Å². The molecular weight excluding hydrogens is 472 g/mol. The second-order valence-corrected chi connectivity index (χ2v) is 11.2. The standard InChI is InChI=1S/C28H46N4O5/c1-10-12-13-30-24(34)23(20-15-18(3)14-19(4)16-20)32(28(8,9)11-2)25(35)21(17-22(29)33)31-26(36)37-27(5,6)7/h14-16,21,23H,10-13,17H2,1-9H3,(H2,29,33)(H,30,34)(H,31,36). The summed E-state index contributed by atoms with van der Waals surface area (Å²) in [6.45, 7) is 17.1. The molecule has 0 saturated carbocycles. The molecule has 0 radical (unpaired) electrons. The van der Waals surface area contributed by atoms with Crippen molar-refractivity contribution in [3.63, 3.8) is 0 Å². The molecule has 0 aliphatic carbocycles. The number of ether oxygens (including phenoxy) is 1. The quantitative estimate of drug-likeness (QED) is 0.359. The third-order valence-electron chi connectivity index (χ3n) is 6.05. The van der Waals surface area contributed by atoms with E-state index < -0.39 is 47.6 Å². The zero-order valence-corrected chi connectivity index (χ0v) is 24.0. The van der Waals surface area contributed by atoms with Crippen LogP contribution in [0, 0.1) is 13.8 Å². The first kappa shape index (κ1) is 31.9. The molecule has 0 bridgehead atoms. The fraction of sp³-hybridized carbons (Fsp3) is 0.643. The number of nitrogens with one attached hydrogen (secondary N) is 2. The highest BCUT2D eigenvalue weighted by atomic mass is 16.6. The maximum absolute atomic E-state index is 14.2. The van der Waals surface area contributed by atoms with Gasteiger partial charge in [-0.3, -0.25) is 14.4 Å². The fourth-order valence-electron chi connectivity index (χ4n) is 4.03. The van der Waals surface area contributed by atoms with Crippen molar-refractivity contribution in [2.45, 2.75) is 111 Å². The van der Waals surface area contributed by atoms with Crippen LogP contribution in [0.4, 0.5) is 4.79 Å². The molecule has 37 heavy (non-hydrogen) atoms. The first-order valence-corrected chi connectivity index (χ1v) is 13.0. The minimum atomic E-state index is -1.31. The van der Waals surface area contributed by atoms with Gasteiger partial charge in [0.2, 0.25) is 17.7 Å². The number of aryl methyl sites for hydroxylation is 2. The Morgan fingerprint density at radius 2 is 1.57 bits per heavy atom. The summed E-state index contributed by atoms with van der Waals surface area (Å²) >= 11 is 0. The summed E-state index contributed by atoms with van der Waals surface area (Å²) < 4.78 is 5.33. The number of nitrogens with two attached hydrogens (primary N) is 1. The average Bonchev–Trinajstić information content (AvgIpc) is 2.74. The summed E-state index contributed by atoms with van der Waals surface area (Å²) in [6, 6.07) is 3.46. The Bertz CT molecular complexity index is 948. The third-order valence-corrected chi connectivity index (χ3v) is 6.05. The van der Waals surface area contributed by atoms with E-state index in [1.54, 1.807) is 20.8 Å². The van der Waals surface area contributed by atoms with E-state index >= 15 is 0 Å². The second-order valence-electron chi connectivity index (χ2n) is 11.2. The van der Waals surface area contributed by atoms with E-state index in [0.29, 0.717) is 18.5 Å². The second kappa shape index (κ2) is 13.4. The molecule has 2 atom stereocenters. The minimum Gasteiger partial charge on any atom is -0.444 e. The number of primary amides is 1. The van der Waals surface area contributed by atoms with Crippen LogP contribution in [0.1, 0.15) is 96.9 Å². The van der Waals surface area contributed by atoms with Crippen LogP contribution >= 0.6 is 0 Å². The first-order chi connectivity index (χ1) is 17.0. The highest BCUT2D eigenvalue weighted by Crippen LogP contribution is 2.33. The number of nitrogens with zero attached hydrogens (tertiary/aromatic N) is 1. The summed E-state index contributed by atoms with van der Waals surface area (Å²) in [7, 11) is 0. The van der Waals surface area contributed by atoms with Gasteiger partial charge in [-0.2, -0.15) is 0 Å². The molecule has 0 fully saturated rings. The Kier molecular flexibility index (Phi) is 11.6. The SMILES string of the molecule is CCCCNC(=O)C(c1cc(C)cc(C)c1)N(C(=O)C(CC(N)=O)NC(=O)OC(C)(C)C)C(C)(C)CC. The molecule has 0 aliphatic rings. The molecule has 4 N–H and O–H groups in total. The first-order valence-electron chi connectivity index (χ1n) is 13.0. The summed E-state index contributed by atoms with van der Waals surface area (Å²) in [4.78, 5) is 53.9. The zero-order valence-electron chi connectivity index (χ0n) is 24.0. The van der Waals surface area contributed by atoms with Gasteiger partial charge in [-0.15, -0.1) is 0 Å². The molecule has 4 amide bonds. The van der Waals surface area contributed by atoms with Crippen molar-refractivity contribution in [1.82, 2.24) is 15.5 Å². The Morgan fingerprint density at radius 3 is 2.03 bits per heavy atom. The molecule has 0 saturated heterocycles. The lowest BCUT2D eigenvalue weighted by molar-refractivity contribution is -0.150. The fourth-order valence-corrected chi connectivity index (χ4v) is 4.03. The van der Waals surface area contributed by atoms with Crippen molar-refractivity contribution in [3.8, 4) is 0 Å². The Hall–Kier alpha value is -3.10. The van der Waals surface area contributed by atoms with Gasteiger partial charge in [0.15, 0.2) is 0 Å². The van der Waals surface area contributed by atoms with E-state index in [1.165, 1.54) is 4.90 Å². The molecular formula is C28H46N4O5. The molecule has 0 aliphatic heterocycles. The van der Waals surface area contributed by atoms with Crippen molar-refractivity contribution in [2.24, 2.45) is 5.73 Å². The summed E-state index contributed by atoms with van der Waals surface area (Å²) in [6.07, 6.45) is 0.916. The lowest BCUT2D eigenvalue weighted by atomic mass is 9.90. The zero-order chi connectivity index (χ0) is 28.6. The summed E-state index contributed by atoms with van der Waals surface area (Å²) in [5.41, 5.74) is 6.38. The molecule has 0 spiro atoms. The van der Waals surface area contributed by atoms with Crippen LogP contribution < -0.4 is 16.4 Å². The Morgan fingerprint density at radius 1 is 1.00 bits per heavy atom. The van der Waals surface area contributed by atoms with Crippen molar-refractivity contribution < 1.29 is 23.9 Å². The number of carbonyl (C=O) groups excluding carboxylic acids is 4. The average molecular weight is 519 g/mol. The van der Waals surface area contributed by atoms with E-state index in [9.17, 15) is 19.2 Å². The van der Waals surface area contributed by atoms with E-state index in [1.807, 2.05) is 59.7 Å². The molecule has 1 aromatic carbocycles. The van der Waals surface area contributed by atoms with Crippen LogP contribution in [0.15, 0.2) is 18.2 Å². The summed E-state index contributed by atoms with van der Waals surface area (Å²) in [5.74, 6) is -1.69. The number of amides is 4. The predicted molar refractivity (Wildman–Crippen MR) is 145 cm³/mol. The molecule has 208 valence electrons. The Labute approximate surface area is 221 Å². The molecule has 0 aromatic heterocycles. The number of carbonyl (C=O) groups is 4. The van der Waals surface area contributed by atoms with Crippen molar-refractivity contribution in [1.29, 1.82) is 0 Å². The number of hydrogen-bond acceptors (Lipinski definition) is 5. The van der Waals surface area contributed by atoms with Crippen LogP contribution in [-0.2, 0) is 19.1 Å². The van der Waals surface area contributed by atoms with Gasteiger partial charge in [0.05, 0.1) is 6.42 Å². The van der Waals surface area contributed by atoms with Gasteiger partial charge in [-0.05, 0) is 66.9 Å². The maximum Gasteiger partial charge on any atom is 0.408 e. The van der Waals surface area contributed by atoms with Crippen molar-refractivity contribution in [2.75, 3.05) is 6.54 Å². The van der Waals surface area contributed by atoms with Gasteiger partial charge >= 0.3 is 6.09 Å². The minimum absolute atomic E-state index is 0.330. The van der Waals surface area contributed by atoms with Crippen molar-refractivity contribution >= 4 is 23.8 Å². The van der Waals surface area contributed by atoms with Crippen LogP contribution in [0.25, 0.3) is 0 Å². The van der Waals surface area contributed by atoms with Crippen LogP contribution in [0.5, 0.6) is 0 Å². The molecule has 9 heteroatoms. The van der Waals surface area contributed by atoms with Gasteiger partial charge in [0.1, 0.15) is 17.7 Å². The van der Waals surface area contributed by atoms with E-state index in [0.717, 1.165) is 24.0 Å². The number of rotatable bonds is 12. The third kappa shape index (κ3) is 10.1. The lowest BCUT2D eigenvalue weighted by Gasteiger charge is -2.44. The molecule has 0 heterocycles. The van der Waals surface area contributed by atoms with Gasteiger partial charge in [0, 0.05) is 12.1 Å². The van der Waals surface area contributed by atoms with Gasteiger partial charge in [-0.1, -0.05) is 49.6 Å². The molecule has 2 unspecified atom stereocenters. The highest BCUT2D eigenvalue weighted by molar-refractivity contribution is 5.95. The largest absolute Gasteiger partial charge is 0.444 e. The predicted octanol–water partition coefficient (Wildman–Crippen LogP) is 4.05. The molecule has 9 nitrogen and oxygen atoms in total. The van der Waals surface area contributed by atoms with Gasteiger partial charge in [-0.25, -0.2) is 4.79 Å². The van der Waals surface area contributed by atoms with E-state index in [2.05, 4.69) is 10.6 Å². The number of benzene rings is 1. The number of alkyl carbamates (subject to hydrolysis) is 1. The highest BCUT2D eigenvalue weighted by Gasteiger charge is 2.43. The molecule has 1 aromatic rings. The topological polar surface area (TPSA) is 131 Å². The van der Waals surface area contributed by atoms with Gasteiger partial charge < -0.3 is 26.0 Å². The van der Waals surface area contributed by atoms with E-state index in [4.69, 9.17) is 10.5 Å². The van der Waals surface area contributed by atoms with Gasteiger partial charge in [0.25, 0.3) is 0 Å². The molecule has 1 rings (SSSR count).